The van der Waals surface area contributed by atoms with E-state index in [1.54, 1.807) is 12.1 Å². The highest BCUT2D eigenvalue weighted by Crippen LogP contribution is 2.33. The predicted octanol–water partition coefficient (Wildman–Crippen LogP) is 3.32. The Labute approximate surface area is 124 Å². The second-order valence-corrected chi connectivity index (χ2v) is 4.68. The molecule has 0 aliphatic rings. The van der Waals surface area contributed by atoms with Gasteiger partial charge in [0.1, 0.15) is 18.1 Å². The lowest BCUT2D eigenvalue weighted by Crippen LogP contribution is -2.10. The van der Waals surface area contributed by atoms with Crippen molar-refractivity contribution in [3.05, 3.63) is 22.2 Å². The van der Waals surface area contributed by atoms with Crippen LogP contribution in [0.4, 0.5) is 8.78 Å². The van der Waals surface area contributed by atoms with Crippen molar-refractivity contribution in [2.45, 2.75) is 12.8 Å². The lowest BCUT2D eigenvalue weighted by molar-refractivity contribution is 0.0169. The normalized spacial score (nSPS) is 10.7. The molecule has 0 spiro atoms. The molecule has 0 unspecified atom stereocenters. The minimum absolute atomic E-state index is 0.00608. The maximum Gasteiger partial charge on any atom is 0.261 e. The summed E-state index contributed by atoms with van der Waals surface area (Å²) < 4.78 is 39.4. The van der Waals surface area contributed by atoms with Gasteiger partial charge in [-0.2, -0.15) is 0 Å². The van der Waals surface area contributed by atoms with E-state index in [2.05, 4.69) is 20.7 Å². The van der Waals surface area contributed by atoms with E-state index in [1.165, 1.54) is 14.2 Å². The van der Waals surface area contributed by atoms with Crippen LogP contribution in [0.15, 0.2) is 16.6 Å². The van der Waals surface area contributed by atoms with Crippen LogP contribution in [0, 0.1) is 0 Å². The molecule has 0 radical (unpaired) electrons. The fraction of sp³-hybridized carbons (Fsp3) is 0.462. The summed E-state index contributed by atoms with van der Waals surface area (Å²) in [5, 5.41) is 0. The van der Waals surface area contributed by atoms with Crippen molar-refractivity contribution < 1.29 is 27.8 Å². The van der Waals surface area contributed by atoms with Crippen LogP contribution < -0.4 is 9.47 Å². The van der Waals surface area contributed by atoms with Gasteiger partial charge in [-0.25, -0.2) is 8.78 Å². The van der Waals surface area contributed by atoms with Gasteiger partial charge < -0.3 is 14.2 Å². The lowest BCUT2D eigenvalue weighted by Gasteiger charge is -2.11. The van der Waals surface area contributed by atoms with E-state index in [1.807, 2.05) is 0 Å². The lowest BCUT2D eigenvalue weighted by atomic mass is 10.1. The number of rotatable bonds is 8. The van der Waals surface area contributed by atoms with Crippen LogP contribution in [0.25, 0.3) is 0 Å². The van der Waals surface area contributed by atoms with E-state index in [-0.39, 0.29) is 18.8 Å². The van der Waals surface area contributed by atoms with E-state index < -0.39 is 13.0 Å². The minimum atomic E-state index is -2.53. The Morgan fingerprint density at radius 2 is 1.90 bits per heavy atom. The Morgan fingerprint density at radius 3 is 2.45 bits per heavy atom. The molecule has 0 aliphatic heterocycles. The molecule has 0 bridgehead atoms. The molecule has 0 aliphatic carbocycles. The van der Waals surface area contributed by atoms with E-state index in [4.69, 9.17) is 9.47 Å². The topological polar surface area (TPSA) is 44.8 Å². The first kappa shape index (κ1) is 16.8. The Morgan fingerprint density at radius 1 is 1.25 bits per heavy atom. The number of ether oxygens (including phenoxy) is 3. The van der Waals surface area contributed by atoms with E-state index in [9.17, 15) is 13.6 Å². The maximum atomic E-state index is 12.0. The van der Waals surface area contributed by atoms with Crippen molar-refractivity contribution in [3.63, 3.8) is 0 Å². The summed E-state index contributed by atoms with van der Waals surface area (Å²) in [5.41, 5.74) is 0.327. The smallest absolute Gasteiger partial charge is 0.261 e. The molecule has 0 amide bonds. The van der Waals surface area contributed by atoms with Crippen LogP contribution in [0.2, 0.25) is 0 Å². The molecular formula is C13H15BrF2O4. The van der Waals surface area contributed by atoms with Gasteiger partial charge >= 0.3 is 0 Å². The number of hydrogen-bond donors (Lipinski definition) is 0. The van der Waals surface area contributed by atoms with E-state index in [0.717, 1.165) is 0 Å². The summed E-state index contributed by atoms with van der Waals surface area (Å²) in [5.74, 6) is 0.612. The van der Waals surface area contributed by atoms with Gasteiger partial charge in [-0.3, -0.25) is 4.79 Å². The van der Waals surface area contributed by atoms with E-state index >= 15 is 0 Å². The van der Waals surface area contributed by atoms with Gasteiger partial charge in [0.2, 0.25) is 0 Å². The summed E-state index contributed by atoms with van der Waals surface area (Å²) in [6, 6.07) is 3.16. The number of halogens is 3. The molecule has 7 heteroatoms. The first-order valence-electron chi connectivity index (χ1n) is 5.80. The third-order valence-electron chi connectivity index (χ3n) is 2.49. The third kappa shape index (κ3) is 4.72. The number of methoxy groups -OCH3 is 2. The van der Waals surface area contributed by atoms with Crippen LogP contribution in [-0.2, 0) is 4.74 Å². The largest absolute Gasteiger partial charge is 0.496 e. The van der Waals surface area contributed by atoms with Crippen LogP contribution in [-0.4, -0.2) is 39.6 Å². The van der Waals surface area contributed by atoms with E-state index in [0.29, 0.717) is 21.5 Å². The number of ketones is 1. The van der Waals surface area contributed by atoms with Crippen molar-refractivity contribution in [2.75, 3.05) is 27.4 Å². The van der Waals surface area contributed by atoms with Crippen molar-refractivity contribution >= 4 is 21.7 Å². The third-order valence-corrected chi connectivity index (χ3v) is 3.11. The number of alkyl halides is 2. The predicted molar refractivity (Wildman–Crippen MR) is 73.0 cm³/mol. The molecule has 0 fully saturated rings. The summed E-state index contributed by atoms with van der Waals surface area (Å²) in [7, 11) is 2.92. The molecule has 1 rings (SSSR count). The van der Waals surface area contributed by atoms with Gasteiger partial charge in [-0.15, -0.1) is 0 Å². The maximum absolute atomic E-state index is 12.0. The highest BCUT2D eigenvalue weighted by atomic mass is 79.9. The van der Waals surface area contributed by atoms with Gasteiger partial charge in [0.05, 0.1) is 30.9 Å². The fourth-order valence-electron chi connectivity index (χ4n) is 1.55. The van der Waals surface area contributed by atoms with Crippen LogP contribution in [0.1, 0.15) is 16.8 Å². The van der Waals surface area contributed by atoms with Gasteiger partial charge in [-0.1, -0.05) is 0 Å². The number of carbonyl (C=O) groups excluding carboxylic acids is 1. The highest BCUT2D eigenvalue weighted by Gasteiger charge is 2.16. The number of Topliss-reactive ketones (excluding diaryl/α,β-unsaturated/α-hetero) is 1. The van der Waals surface area contributed by atoms with Crippen molar-refractivity contribution in [1.82, 2.24) is 0 Å². The highest BCUT2D eigenvalue weighted by molar-refractivity contribution is 9.10. The summed E-state index contributed by atoms with van der Waals surface area (Å²) in [6.45, 7) is -0.737. The second kappa shape index (κ2) is 8.16. The first-order valence-corrected chi connectivity index (χ1v) is 6.59. The summed E-state index contributed by atoms with van der Waals surface area (Å²) in [4.78, 5) is 12.0. The fourth-order valence-corrected chi connectivity index (χ4v) is 2.03. The molecule has 0 N–H and O–H groups in total. The molecular weight excluding hydrogens is 338 g/mol. The van der Waals surface area contributed by atoms with Crippen molar-refractivity contribution in [3.8, 4) is 11.5 Å². The molecule has 1 aromatic rings. The molecule has 0 saturated carbocycles. The molecule has 0 heterocycles. The average Bonchev–Trinajstić information content (AvgIpc) is 2.42. The first-order chi connectivity index (χ1) is 9.49. The van der Waals surface area contributed by atoms with Gasteiger partial charge in [-0.05, 0) is 28.1 Å². The van der Waals surface area contributed by atoms with Crippen molar-refractivity contribution in [1.29, 1.82) is 0 Å². The minimum Gasteiger partial charge on any atom is -0.496 e. The average molecular weight is 353 g/mol. The molecule has 4 nitrogen and oxygen atoms in total. The van der Waals surface area contributed by atoms with Crippen LogP contribution in [0.3, 0.4) is 0 Å². The molecule has 0 aromatic heterocycles. The van der Waals surface area contributed by atoms with Crippen molar-refractivity contribution in [2.24, 2.45) is 0 Å². The molecule has 0 saturated heterocycles. The zero-order chi connectivity index (χ0) is 15.1. The Balaban J connectivity index is 2.75. The number of benzene rings is 1. The SMILES string of the molecule is COc1cc(C(=O)CCOCC(F)F)c(OC)cc1Br. The Hall–Kier alpha value is -1.21. The summed E-state index contributed by atoms with van der Waals surface area (Å²) in [6.07, 6.45) is -2.54. The van der Waals surface area contributed by atoms with Gasteiger partial charge in [0, 0.05) is 6.42 Å². The zero-order valence-corrected chi connectivity index (χ0v) is 12.7. The Kier molecular flexibility index (Phi) is 6.87. The summed E-state index contributed by atoms with van der Waals surface area (Å²) >= 11 is 3.29. The standard InChI is InChI=1S/C13H15BrF2O4/c1-18-11-6-9(14)12(19-2)5-8(11)10(17)3-4-20-7-13(15)16/h5-6,13H,3-4,7H2,1-2H3. The zero-order valence-electron chi connectivity index (χ0n) is 11.1. The number of carbonyl (C=O) groups is 1. The van der Waals surface area contributed by atoms with Gasteiger partial charge in [0.15, 0.2) is 5.78 Å². The molecule has 1 aromatic carbocycles. The molecule has 20 heavy (non-hydrogen) atoms. The molecule has 0 atom stereocenters. The molecule has 112 valence electrons. The second-order valence-electron chi connectivity index (χ2n) is 3.83. The monoisotopic (exact) mass is 352 g/mol. The quantitative estimate of drug-likeness (QED) is 0.531. The van der Waals surface area contributed by atoms with Crippen LogP contribution >= 0.6 is 15.9 Å². The van der Waals surface area contributed by atoms with Gasteiger partial charge in [0.25, 0.3) is 6.43 Å². The Bertz CT molecular complexity index is 466. The van der Waals surface area contributed by atoms with Crippen LogP contribution in [0.5, 0.6) is 11.5 Å². The number of hydrogen-bond acceptors (Lipinski definition) is 4.